The Labute approximate surface area is 99.4 Å². The van der Waals surface area contributed by atoms with Crippen molar-refractivity contribution in [1.29, 1.82) is 0 Å². The van der Waals surface area contributed by atoms with Gasteiger partial charge in [0.2, 0.25) is 0 Å². The van der Waals surface area contributed by atoms with Crippen LogP contribution in [0.5, 0.6) is 0 Å². The number of amidine groups is 1. The Hall–Kier alpha value is -2.22. The van der Waals surface area contributed by atoms with Gasteiger partial charge in [-0.25, -0.2) is 9.98 Å². The number of hydrogen-bond acceptors (Lipinski definition) is 2. The van der Waals surface area contributed by atoms with E-state index in [0.29, 0.717) is 0 Å². The predicted octanol–water partition coefficient (Wildman–Crippen LogP) is 3.09. The maximum Gasteiger partial charge on any atom is 0.140 e. The Bertz CT molecular complexity index is 657. The van der Waals surface area contributed by atoms with Gasteiger partial charge in [0.05, 0.1) is 5.92 Å². The lowest BCUT2D eigenvalue weighted by Gasteiger charge is -2.30. The highest BCUT2D eigenvalue weighted by atomic mass is 14.9. The molecule has 2 aliphatic heterocycles. The quantitative estimate of drug-likeness (QED) is 0.639. The molecule has 0 radical (unpaired) electrons. The van der Waals surface area contributed by atoms with Gasteiger partial charge in [0.15, 0.2) is 0 Å². The lowest BCUT2D eigenvalue weighted by atomic mass is 9.77. The number of benzene rings is 1. The van der Waals surface area contributed by atoms with Crippen molar-refractivity contribution >= 4 is 23.7 Å². The molecule has 4 rings (SSSR count). The fourth-order valence-corrected chi connectivity index (χ4v) is 2.68. The molecule has 1 unspecified atom stereocenters. The molecule has 1 atom stereocenters. The molecular weight excluding hydrogens is 208 g/mol. The first-order chi connectivity index (χ1) is 8.43. The van der Waals surface area contributed by atoms with Crippen LogP contribution in [0.1, 0.15) is 11.1 Å². The number of nitrogens with zero attached hydrogens (tertiary/aromatic N) is 2. The van der Waals surface area contributed by atoms with Gasteiger partial charge >= 0.3 is 0 Å². The van der Waals surface area contributed by atoms with Crippen LogP contribution in [-0.2, 0) is 0 Å². The van der Waals surface area contributed by atoms with Gasteiger partial charge in [-0.05, 0) is 34.4 Å². The van der Waals surface area contributed by atoms with E-state index < -0.39 is 0 Å². The van der Waals surface area contributed by atoms with Crippen LogP contribution in [0.15, 0.2) is 58.2 Å². The third kappa shape index (κ3) is 1.15. The standard InChI is InChI=1S/C15H10N2/c1-2-4-12-10(3-1)9-11-5-7-16-15-14(11)13(12)6-8-17-15/h1-9,14H. The highest BCUT2D eigenvalue weighted by Crippen LogP contribution is 2.41. The second-order valence-corrected chi connectivity index (χ2v) is 4.37. The number of hydrogen-bond donors (Lipinski definition) is 0. The molecule has 3 aliphatic rings. The van der Waals surface area contributed by atoms with Crippen LogP contribution in [0.25, 0.3) is 11.6 Å². The number of allylic oxidation sites excluding steroid dienone is 2. The zero-order chi connectivity index (χ0) is 11.2. The van der Waals surface area contributed by atoms with Crippen LogP contribution in [0.3, 0.4) is 0 Å². The van der Waals surface area contributed by atoms with Gasteiger partial charge < -0.3 is 0 Å². The molecule has 2 nitrogen and oxygen atoms in total. The smallest absolute Gasteiger partial charge is 0.140 e. The maximum atomic E-state index is 4.36. The van der Waals surface area contributed by atoms with Crippen molar-refractivity contribution in [2.45, 2.75) is 0 Å². The summed E-state index contributed by atoms with van der Waals surface area (Å²) in [5.41, 5.74) is 5.19. The average molecular weight is 218 g/mol. The second kappa shape index (κ2) is 3.14. The molecule has 0 spiro atoms. The van der Waals surface area contributed by atoms with Crippen molar-refractivity contribution in [1.82, 2.24) is 0 Å². The molecule has 0 N–H and O–H groups in total. The predicted molar refractivity (Wildman–Crippen MR) is 71.0 cm³/mol. The number of fused-ring (bicyclic) bond motifs is 2. The number of rotatable bonds is 0. The molecule has 0 saturated heterocycles. The highest BCUT2D eigenvalue weighted by molar-refractivity contribution is 6.12. The van der Waals surface area contributed by atoms with Crippen molar-refractivity contribution in [2.24, 2.45) is 15.9 Å². The Kier molecular flexibility index (Phi) is 1.64. The van der Waals surface area contributed by atoms with Crippen molar-refractivity contribution in [3.63, 3.8) is 0 Å². The Morgan fingerprint density at radius 1 is 1.12 bits per heavy atom. The van der Waals surface area contributed by atoms with Gasteiger partial charge in [0.1, 0.15) is 5.84 Å². The van der Waals surface area contributed by atoms with Crippen LogP contribution in [0.4, 0.5) is 0 Å². The highest BCUT2D eigenvalue weighted by Gasteiger charge is 2.31. The van der Waals surface area contributed by atoms with Crippen LogP contribution >= 0.6 is 0 Å². The lowest BCUT2D eigenvalue weighted by Crippen LogP contribution is -2.23. The molecule has 0 amide bonds. The van der Waals surface area contributed by atoms with Crippen LogP contribution in [0, 0.1) is 5.92 Å². The van der Waals surface area contributed by atoms with E-state index in [1.807, 2.05) is 12.4 Å². The summed E-state index contributed by atoms with van der Waals surface area (Å²) in [5.74, 6) is 1.14. The molecule has 1 aromatic carbocycles. The monoisotopic (exact) mass is 218 g/mol. The minimum atomic E-state index is 0.236. The molecule has 0 fully saturated rings. The van der Waals surface area contributed by atoms with E-state index in [1.165, 1.54) is 22.3 Å². The first-order valence-electron chi connectivity index (χ1n) is 5.73. The van der Waals surface area contributed by atoms with Gasteiger partial charge in [-0.1, -0.05) is 30.3 Å². The SMILES string of the molecule is C1=CC2=Cc3ccccc3C3=CC=NC(=N1)C23. The van der Waals surface area contributed by atoms with Crippen LogP contribution in [0.2, 0.25) is 0 Å². The van der Waals surface area contributed by atoms with Crippen molar-refractivity contribution in [3.05, 3.63) is 59.3 Å². The summed E-state index contributed by atoms with van der Waals surface area (Å²) in [6.45, 7) is 0. The zero-order valence-electron chi connectivity index (χ0n) is 9.17. The largest absolute Gasteiger partial charge is 0.240 e. The Morgan fingerprint density at radius 2 is 2.06 bits per heavy atom. The summed E-state index contributed by atoms with van der Waals surface area (Å²) in [4.78, 5) is 8.73. The molecule has 0 aromatic heterocycles. The zero-order valence-corrected chi connectivity index (χ0v) is 9.17. The molecule has 0 bridgehead atoms. The topological polar surface area (TPSA) is 24.7 Å². The van der Waals surface area contributed by atoms with Gasteiger partial charge in [-0.3, -0.25) is 0 Å². The first kappa shape index (κ1) is 8.88. The average Bonchev–Trinajstić information content (AvgIpc) is 2.39. The maximum absolute atomic E-state index is 4.36. The third-order valence-corrected chi connectivity index (χ3v) is 3.43. The van der Waals surface area contributed by atoms with Gasteiger partial charge in [0, 0.05) is 12.4 Å². The summed E-state index contributed by atoms with van der Waals surface area (Å²) in [6, 6.07) is 8.49. The molecule has 0 saturated carbocycles. The minimum Gasteiger partial charge on any atom is -0.240 e. The number of dihydropyridines is 1. The van der Waals surface area contributed by atoms with Gasteiger partial charge in [0.25, 0.3) is 0 Å². The molecule has 1 aromatic rings. The summed E-state index contributed by atoms with van der Waals surface area (Å²) in [5, 5.41) is 0. The van der Waals surface area contributed by atoms with E-state index >= 15 is 0 Å². The van der Waals surface area contributed by atoms with Crippen LogP contribution < -0.4 is 0 Å². The van der Waals surface area contributed by atoms with E-state index in [0.717, 1.165) is 5.84 Å². The first-order valence-corrected chi connectivity index (χ1v) is 5.73. The van der Waals surface area contributed by atoms with Crippen molar-refractivity contribution in [2.75, 3.05) is 0 Å². The van der Waals surface area contributed by atoms with Gasteiger partial charge in [-0.15, -0.1) is 0 Å². The fourth-order valence-electron chi connectivity index (χ4n) is 2.68. The number of aliphatic imine (C=N–C) groups is 2. The van der Waals surface area contributed by atoms with E-state index in [4.69, 9.17) is 0 Å². The summed E-state index contributed by atoms with van der Waals surface area (Å²) in [7, 11) is 0. The molecule has 2 heteroatoms. The Morgan fingerprint density at radius 3 is 3.06 bits per heavy atom. The van der Waals surface area contributed by atoms with E-state index in [9.17, 15) is 0 Å². The second-order valence-electron chi connectivity index (χ2n) is 4.37. The normalized spacial score (nSPS) is 23.3. The molecular formula is C15H10N2. The Balaban J connectivity index is 2.06. The van der Waals surface area contributed by atoms with E-state index in [1.54, 1.807) is 0 Å². The lowest BCUT2D eigenvalue weighted by molar-refractivity contribution is 1.03. The molecule has 80 valence electrons. The molecule has 2 heterocycles. The minimum absolute atomic E-state index is 0.236. The van der Waals surface area contributed by atoms with Crippen molar-refractivity contribution < 1.29 is 0 Å². The summed E-state index contributed by atoms with van der Waals surface area (Å²) < 4.78 is 0. The summed E-state index contributed by atoms with van der Waals surface area (Å²) >= 11 is 0. The van der Waals surface area contributed by atoms with Crippen LogP contribution in [-0.4, -0.2) is 12.1 Å². The van der Waals surface area contributed by atoms with E-state index in [2.05, 4.69) is 52.5 Å². The van der Waals surface area contributed by atoms with Gasteiger partial charge in [-0.2, -0.15) is 0 Å². The molecule has 1 aliphatic carbocycles. The third-order valence-electron chi connectivity index (χ3n) is 3.43. The fraction of sp³-hybridized carbons (Fsp3) is 0.0667. The summed E-state index contributed by atoms with van der Waals surface area (Å²) in [6.07, 6.45) is 10.1. The van der Waals surface area contributed by atoms with Crippen molar-refractivity contribution in [3.8, 4) is 0 Å². The van der Waals surface area contributed by atoms with E-state index in [-0.39, 0.29) is 5.92 Å². The molecule has 17 heavy (non-hydrogen) atoms.